The lowest BCUT2D eigenvalue weighted by Crippen LogP contribution is -2.50. The highest BCUT2D eigenvalue weighted by atomic mass is 19.4. The highest BCUT2D eigenvalue weighted by Gasteiger charge is 2.37. The molecule has 2 N–H and O–H groups in total. The van der Waals surface area contributed by atoms with Crippen LogP contribution in [0.1, 0.15) is 22.7 Å². The third-order valence-corrected chi connectivity index (χ3v) is 6.97. The fourth-order valence-corrected chi connectivity index (χ4v) is 4.85. The number of hydrogen-bond donors (Lipinski definition) is 2. The van der Waals surface area contributed by atoms with Crippen molar-refractivity contribution in [2.24, 2.45) is 0 Å². The van der Waals surface area contributed by atoms with Gasteiger partial charge in [-0.2, -0.15) is 26.3 Å². The number of alkyl halides is 6. The summed E-state index contributed by atoms with van der Waals surface area (Å²) in [5.41, 5.74) is -1.84. The standard InChI is InChI=1S/C29H30F6N4O3/c1-41-23-8-9-24(26(17-23)42-2)38-10-12-39(13-11-38)25(19-6-4-3-5-7-19)18-36-27(40)37-22-15-20(28(30,31)32)14-21(16-22)29(33,34)35/h3-9,14-17,25H,10-13,18H2,1-2H3,(H2,36,37,40). The summed E-state index contributed by atoms with van der Waals surface area (Å²) in [4.78, 5) is 17.0. The van der Waals surface area contributed by atoms with E-state index in [-0.39, 0.29) is 18.7 Å². The molecule has 2 amide bonds. The van der Waals surface area contributed by atoms with E-state index in [0.717, 1.165) is 11.3 Å². The first-order valence-electron chi connectivity index (χ1n) is 13.0. The van der Waals surface area contributed by atoms with Gasteiger partial charge in [0.2, 0.25) is 0 Å². The molecule has 1 heterocycles. The number of rotatable bonds is 8. The van der Waals surface area contributed by atoms with E-state index in [2.05, 4.69) is 20.4 Å². The molecule has 0 bridgehead atoms. The van der Waals surface area contributed by atoms with Crippen LogP contribution in [0.25, 0.3) is 0 Å². The molecule has 1 aliphatic rings. The van der Waals surface area contributed by atoms with Gasteiger partial charge in [-0.1, -0.05) is 30.3 Å². The van der Waals surface area contributed by atoms with Gasteiger partial charge < -0.3 is 25.0 Å². The number of nitrogens with zero attached hydrogens (tertiary/aromatic N) is 2. The average Bonchev–Trinajstić information content (AvgIpc) is 2.96. The van der Waals surface area contributed by atoms with Crippen LogP contribution in [0.5, 0.6) is 11.5 Å². The van der Waals surface area contributed by atoms with Crippen LogP contribution in [0, 0.1) is 0 Å². The molecular weight excluding hydrogens is 566 g/mol. The molecular formula is C29H30F6N4O3. The summed E-state index contributed by atoms with van der Waals surface area (Å²) >= 11 is 0. The maximum Gasteiger partial charge on any atom is 0.416 e. The molecule has 0 radical (unpaired) electrons. The highest BCUT2D eigenvalue weighted by Crippen LogP contribution is 2.38. The van der Waals surface area contributed by atoms with Crippen LogP contribution < -0.4 is 25.0 Å². The van der Waals surface area contributed by atoms with Gasteiger partial charge in [-0.25, -0.2) is 4.79 Å². The molecule has 1 saturated heterocycles. The van der Waals surface area contributed by atoms with E-state index < -0.39 is 35.2 Å². The second kappa shape index (κ2) is 12.8. The Balaban J connectivity index is 1.46. The summed E-state index contributed by atoms with van der Waals surface area (Å²) in [5.74, 6) is 1.34. The minimum absolute atomic E-state index is 0.00961. The lowest BCUT2D eigenvalue weighted by molar-refractivity contribution is -0.143. The number of anilines is 2. The predicted molar refractivity (Wildman–Crippen MR) is 146 cm³/mol. The van der Waals surface area contributed by atoms with Crippen LogP contribution in [0.15, 0.2) is 66.7 Å². The first-order chi connectivity index (χ1) is 19.9. The SMILES string of the molecule is COc1ccc(N2CCN(C(CNC(=O)Nc3cc(C(F)(F)F)cc(C(F)(F)F)c3)c3ccccc3)CC2)c(OC)c1. The number of urea groups is 1. The predicted octanol–water partition coefficient (Wildman–Crippen LogP) is 6.43. The summed E-state index contributed by atoms with van der Waals surface area (Å²) in [6, 6.07) is 14.6. The molecule has 13 heteroatoms. The number of nitrogens with one attached hydrogen (secondary N) is 2. The van der Waals surface area contributed by atoms with Crippen molar-refractivity contribution >= 4 is 17.4 Å². The van der Waals surface area contributed by atoms with E-state index in [1.165, 1.54) is 0 Å². The van der Waals surface area contributed by atoms with Crippen LogP contribution >= 0.6 is 0 Å². The molecule has 0 saturated carbocycles. The molecule has 4 rings (SSSR count). The van der Waals surface area contributed by atoms with Crippen LogP contribution in [0.3, 0.4) is 0 Å². The van der Waals surface area contributed by atoms with Crippen LogP contribution in [0.2, 0.25) is 0 Å². The summed E-state index contributed by atoms with van der Waals surface area (Å²) in [7, 11) is 3.16. The number of methoxy groups -OCH3 is 2. The number of amides is 2. The van der Waals surface area contributed by atoms with Crippen molar-refractivity contribution in [3.63, 3.8) is 0 Å². The Morgan fingerprint density at radius 3 is 2.00 bits per heavy atom. The molecule has 7 nitrogen and oxygen atoms in total. The Hall–Kier alpha value is -4.13. The smallest absolute Gasteiger partial charge is 0.416 e. The molecule has 226 valence electrons. The lowest BCUT2D eigenvalue weighted by atomic mass is 10.0. The Kier molecular flexibility index (Phi) is 9.40. The summed E-state index contributed by atoms with van der Waals surface area (Å²) < 4.78 is 90.1. The van der Waals surface area contributed by atoms with Gasteiger partial charge in [0.15, 0.2) is 0 Å². The summed E-state index contributed by atoms with van der Waals surface area (Å²) in [6.07, 6.45) is -10.0. The topological polar surface area (TPSA) is 66.1 Å². The molecule has 0 spiro atoms. The molecule has 0 aromatic heterocycles. The van der Waals surface area contributed by atoms with Gasteiger partial charge in [0.1, 0.15) is 11.5 Å². The minimum atomic E-state index is -5.02. The number of hydrogen-bond acceptors (Lipinski definition) is 5. The normalized spacial score (nSPS) is 15.2. The van der Waals surface area contributed by atoms with Crippen molar-refractivity contribution in [3.05, 3.63) is 83.4 Å². The second-order valence-electron chi connectivity index (χ2n) is 9.62. The zero-order valence-electron chi connectivity index (χ0n) is 22.9. The number of piperazine rings is 1. The highest BCUT2D eigenvalue weighted by molar-refractivity contribution is 5.89. The number of ether oxygens (including phenoxy) is 2. The van der Waals surface area contributed by atoms with Crippen molar-refractivity contribution in [2.75, 3.05) is 57.2 Å². The minimum Gasteiger partial charge on any atom is -0.497 e. The quantitative estimate of drug-likeness (QED) is 0.294. The van der Waals surface area contributed by atoms with Gasteiger partial charge in [0.05, 0.1) is 37.1 Å². The Morgan fingerprint density at radius 2 is 1.45 bits per heavy atom. The number of carbonyl (C=O) groups is 1. The first-order valence-corrected chi connectivity index (χ1v) is 13.0. The van der Waals surface area contributed by atoms with Gasteiger partial charge in [-0.05, 0) is 35.9 Å². The molecule has 1 unspecified atom stereocenters. The maximum absolute atomic E-state index is 13.2. The monoisotopic (exact) mass is 596 g/mol. The summed E-state index contributed by atoms with van der Waals surface area (Å²) in [6.45, 7) is 2.57. The third-order valence-electron chi connectivity index (χ3n) is 6.97. The van der Waals surface area contributed by atoms with E-state index in [4.69, 9.17) is 9.47 Å². The fourth-order valence-electron chi connectivity index (χ4n) is 4.85. The van der Waals surface area contributed by atoms with Crippen molar-refractivity contribution < 1.29 is 40.6 Å². The van der Waals surface area contributed by atoms with Crippen LogP contribution in [0.4, 0.5) is 42.5 Å². The molecule has 42 heavy (non-hydrogen) atoms. The zero-order valence-corrected chi connectivity index (χ0v) is 22.9. The molecule has 1 aliphatic heterocycles. The number of halogens is 6. The lowest BCUT2D eigenvalue weighted by Gasteiger charge is -2.40. The van der Waals surface area contributed by atoms with Gasteiger partial charge >= 0.3 is 18.4 Å². The zero-order chi connectivity index (χ0) is 30.5. The van der Waals surface area contributed by atoms with Crippen LogP contribution in [-0.4, -0.2) is 57.9 Å². The van der Waals surface area contributed by atoms with Gasteiger partial charge in [0.25, 0.3) is 0 Å². The van der Waals surface area contributed by atoms with E-state index in [0.29, 0.717) is 49.8 Å². The Bertz CT molecular complexity index is 1330. The molecule has 3 aromatic rings. The first kappa shape index (κ1) is 30.8. The van der Waals surface area contributed by atoms with Crippen molar-refractivity contribution in [2.45, 2.75) is 18.4 Å². The van der Waals surface area contributed by atoms with Crippen LogP contribution in [-0.2, 0) is 12.4 Å². The van der Waals surface area contributed by atoms with E-state index >= 15 is 0 Å². The maximum atomic E-state index is 13.2. The number of benzene rings is 3. The Labute approximate surface area is 239 Å². The van der Waals surface area contributed by atoms with E-state index in [9.17, 15) is 31.1 Å². The molecule has 3 aromatic carbocycles. The number of carbonyl (C=O) groups excluding carboxylic acids is 1. The van der Waals surface area contributed by atoms with E-state index in [1.807, 2.05) is 42.5 Å². The third kappa shape index (κ3) is 7.58. The molecule has 1 fully saturated rings. The molecule has 0 aliphatic carbocycles. The van der Waals surface area contributed by atoms with Gasteiger partial charge in [-0.15, -0.1) is 0 Å². The van der Waals surface area contributed by atoms with Crippen molar-refractivity contribution in [1.82, 2.24) is 10.2 Å². The average molecular weight is 597 g/mol. The van der Waals surface area contributed by atoms with Gasteiger partial charge in [-0.3, -0.25) is 4.90 Å². The second-order valence-corrected chi connectivity index (χ2v) is 9.62. The van der Waals surface area contributed by atoms with Crippen molar-refractivity contribution in [3.8, 4) is 11.5 Å². The fraction of sp³-hybridized carbons (Fsp3) is 0.345. The molecule has 1 atom stereocenters. The van der Waals surface area contributed by atoms with E-state index in [1.54, 1.807) is 20.3 Å². The Morgan fingerprint density at radius 1 is 0.833 bits per heavy atom. The van der Waals surface area contributed by atoms with Crippen molar-refractivity contribution in [1.29, 1.82) is 0 Å². The summed E-state index contributed by atoms with van der Waals surface area (Å²) in [5, 5.41) is 4.74. The largest absolute Gasteiger partial charge is 0.497 e. The van der Waals surface area contributed by atoms with Gasteiger partial charge in [0, 0.05) is 44.5 Å².